The summed E-state index contributed by atoms with van der Waals surface area (Å²) in [7, 11) is 0. The molecule has 0 heterocycles. The van der Waals surface area contributed by atoms with Crippen molar-refractivity contribution in [1.82, 2.24) is 0 Å². The van der Waals surface area contributed by atoms with E-state index < -0.39 is 0 Å². The van der Waals surface area contributed by atoms with E-state index in [9.17, 15) is 0 Å². The van der Waals surface area contributed by atoms with Crippen molar-refractivity contribution in [3.8, 4) is 0 Å². The molecule has 0 aliphatic heterocycles. The smallest absolute Gasteiger partial charge is 0.0914 e. The first-order valence-electron chi connectivity index (χ1n) is 4.05. The lowest BCUT2D eigenvalue weighted by molar-refractivity contribution is 0.810. The van der Waals surface area contributed by atoms with Crippen molar-refractivity contribution in [2.75, 3.05) is 6.26 Å². The van der Waals surface area contributed by atoms with Crippen molar-refractivity contribution in [1.29, 1.82) is 0 Å². The lowest BCUT2D eigenvalue weighted by atomic mass is 10.1. The highest BCUT2D eigenvalue weighted by Crippen LogP contribution is 2.13. The molecule has 1 nitrogen and oxygen atoms in total. The Morgan fingerprint density at radius 3 is 2.42 bits per heavy atom. The summed E-state index contributed by atoms with van der Waals surface area (Å²) in [4.78, 5) is 4.28. The molecule has 0 saturated heterocycles. The van der Waals surface area contributed by atoms with E-state index in [1.807, 2.05) is 25.5 Å². The summed E-state index contributed by atoms with van der Waals surface area (Å²) in [6, 6.07) is 0. The lowest BCUT2D eigenvalue weighted by Crippen LogP contribution is -1.92. The van der Waals surface area contributed by atoms with Gasteiger partial charge >= 0.3 is 0 Å². The van der Waals surface area contributed by atoms with Gasteiger partial charge in [-0.1, -0.05) is 26.5 Å². The summed E-state index contributed by atoms with van der Waals surface area (Å²) >= 11 is 1.65. The quantitative estimate of drug-likeness (QED) is 0.608. The normalized spacial score (nSPS) is 12.9. The van der Waals surface area contributed by atoms with Crippen LogP contribution < -0.4 is 0 Å². The van der Waals surface area contributed by atoms with E-state index in [-0.39, 0.29) is 0 Å². The monoisotopic (exact) mass is 183 g/mol. The van der Waals surface area contributed by atoms with Gasteiger partial charge in [0.1, 0.15) is 0 Å². The summed E-state index contributed by atoms with van der Waals surface area (Å²) in [6.07, 6.45) is 5.86. The van der Waals surface area contributed by atoms with E-state index >= 15 is 0 Å². The van der Waals surface area contributed by atoms with Crippen molar-refractivity contribution in [3.63, 3.8) is 0 Å². The maximum absolute atomic E-state index is 4.28. The van der Waals surface area contributed by atoms with Gasteiger partial charge in [0, 0.05) is 6.21 Å². The topological polar surface area (TPSA) is 12.4 Å². The van der Waals surface area contributed by atoms with Gasteiger partial charge in [-0.3, -0.25) is 4.99 Å². The van der Waals surface area contributed by atoms with Gasteiger partial charge in [0.25, 0.3) is 0 Å². The molecule has 12 heavy (non-hydrogen) atoms. The van der Waals surface area contributed by atoms with E-state index in [2.05, 4.69) is 25.4 Å². The number of aliphatic imine (C=N–C) groups is 1. The Kier molecular flexibility index (Phi) is 5.81. The molecule has 0 atom stereocenters. The Balaban J connectivity index is 4.15. The Bertz CT molecular complexity index is 202. The first-order valence-corrected chi connectivity index (χ1v) is 5.27. The van der Waals surface area contributed by atoms with E-state index in [0.29, 0.717) is 5.92 Å². The number of rotatable bonds is 4. The fourth-order valence-electron chi connectivity index (χ4n) is 0.541. The average molecular weight is 183 g/mol. The molecule has 0 aromatic carbocycles. The molecule has 0 fully saturated rings. The van der Waals surface area contributed by atoms with E-state index in [1.54, 1.807) is 11.8 Å². The minimum Gasteiger partial charge on any atom is -0.250 e. The molecule has 0 spiro atoms. The number of hydrogen-bond donors (Lipinski definition) is 0. The van der Waals surface area contributed by atoms with Gasteiger partial charge in [-0.05, 0) is 24.7 Å². The van der Waals surface area contributed by atoms with Gasteiger partial charge in [0.05, 0.1) is 5.03 Å². The zero-order chi connectivity index (χ0) is 9.56. The molecule has 0 aliphatic carbocycles. The third-order valence-corrected chi connectivity index (χ3v) is 2.31. The second kappa shape index (κ2) is 6.06. The van der Waals surface area contributed by atoms with Crippen LogP contribution in [0.5, 0.6) is 0 Å². The minimum absolute atomic E-state index is 0.480. The van der Waals surface area contributed by atoms with Crippen LogP contribution in [0.25, 0.3) is 0 Å². The molecule has 68 valence electrons. The molecule has 0 rings (SSSR count). The van der Waals surface area contributed by atoms with E-state index in [1.165, 1.54) is 0 Å². The van der Waals surface area contributed by atoms with Gasteiger partial charge < -0.3 is 0 Å². The van der Waals surface area contributed by atoms with Crippen molar-refractivity contribution >= 4 is 18.0 Å². The number of allylic oxidation sites excluding steroid dienone is 2. The largest absolute Gasteiger partial charge is 0.250 e. The predicted molar refractivity (Wildman–Crippen MR) is 59.7 cm³/mol. The fourth-order valence-corrected chi connectivity index (χ4v) is 0.935. The van der Waals surface area contributed by atoms with Gasteiger partial charge in [-0.2, -0.15) is 0 Å². The first kappa shape index (κ1) is 11.5. The zero-order valence-electron chi connectivity index (χ0n) is 8.29. The highest BCUT2D eigenvalue weighted by molar-refractivity contribution is 8.02. The SMILES string of the molecule is C=C(C=N/C(=C\C)SC)C(C)C. The van der Waals surface area contributed by atoms with Gasteiger partial charge in [-0.25, -0.2) is 0 Å². The van der Waals surface area contributed by atoms with Crippen LogP contribution in [-0.4, -0.2) is 12.5 Å². The van der Waals surface area contributed by atoms with Crippen LogP contribution in [0.1, 0.15) is 20.8 Å². The van der Waals surface area contributed by atoms with Crippen molar-refractivity contribution in [3.05, 3.63) is 23.3 Å². The molecular formula is C10H17NS. The third kappa shape index (κ3) is 4.39. The highest BCUT2D eigenvalue weighted by Gasteiger charge is 1.95. The maximum atomic E-state index is 4.28. The summed E-state index contributed by atoms with van der Waals surface area (Å²) in [6.45, 7) is 10.1. The van der Waals surface area contributed by atoms with E-state index in [4.69, 9.17) is 0 Å². The minimum atomic E-state index is 0.480. The second-order valence-electron chi connectivity index (χ2n) is 2.82. The van der Waals surface area contributed by atoms with Crippen molar-refractivity contribution in [2.45, 2.75) is 20.8 Å². The zero-order valence-corrected chi connectivity index (χ0v) is 9.11. The Hall–Kier alpha value is -0.500. The fraction of sp³-hybridized carbons (Fsp3) is 0.500. The molecule has 0 aromatic rings. The van der Waals surface area contributed by atoms with E-state index in [0.717, 1.165) is 10.6 Å². The molecular weight excluding hydrogens is 166 g/mol. The molecule has 0 unspecified atom stereocenters. The number of hydrogen-bond acceptors (Lipinski definition) is 2. The predicted octanol–water partition coefficient (Wildman–Crippen LogP) is 3.49. The lowest BCUT2D eigenvalue weighted by Gasteiger charge is -2.02. The van der Waals surface area contributed by atoms with Crippen LogP contribution in [0.15, 0.2) is 28.2 Å². The van der Waals surface area contributed by atoms with Crippen LogP contribution in [0.2, 0.25) is 0 Å². The summed E-state index contributed by atoms with van der Waals surface area (Å²) in [5, 5.41) is 1.04. The molecule has 0 aliphatic rings. The molecule has 0 saturated carbocycles. The van der Waals surface area contributed by atoms with Gasteiger partial charge in [0.15, 0.2) is 0 Å². The van der Waals surface area contributed by atoms with Crippen molar-refractivity contribution in [2.24, 2.45) is 10.9 Å². The van der Waals surface area contributed by atoms with Crippen LogP contribution in [0, 0.1) is 5.92 Å². The van der Waals surface area contributed by atoms with Gasteiger partial charge in [-0.15, -0.1) is 11.8 Å². The maximum Gasteiger partial charge on any atom is 0.0914 e. The summed E-state index contributed by atoms with van der Waals surface area (Å²) in [5.74, 6) is 0.480. The van der Waals surface area contributed by atoms with Crippen molar-refractivity contribution < 1.29 is 0 Å². The second-order valence-corrected chi connectivity index (χ2v) is 3.65. The molecule has 0 N–H and O–H groups in total. The van der Waals surface area contributed by atoms with Crippen LogP contribution >= 0.6 is 11.8 Å². The Morgan fingerprint density at radius 2 is 2.08 bits per heavy atom. The number of thioether (sulfide) groups is 1. The molecule has 0 aromatic heterocycles. The molecule has 0 amide bonds. The van der Waals surface area contributed by atoms with Crippen LogP contribution in [-0.2, 0) is 0 Å². The first-order chi connectivity index (χ1) is 5.61. The average Bonchev–Trinajstić information content (AvgIpc) is 2.05. The number of nitrogens with zero attached hydrogens (tertiary/aromatic N) is 1. The van der Waals surface area contributed by atoms with Crippen LogP contribution in [0.3, 0.4) is 0 Å². The molecule has 2 heteroatoms. The van der Waals surface area contributed by atoms with Crippen LogP contribution in [0.4, 0.5) is 0 Å². The van der Waals surface area contributed by atoms with Gasteiger partial charge in [0.2, 0.25) is 0 Å². The summed E-state index contributed by atoms with van der Waals surface area (Å²) < 4.78 is 0. The third-order valence-electron chi connectivity index (χ3n) is 1.56. The Morgan fingerprint density at radius 1 is 1.50 bits per heavy atom. The Labute approximate surface area is 79.7 Å². The highest BCUT2D eigenvalue weighted by atomic mass is 32.2. The summed E-state index contributed by atoms with van der Waals surface area (Å²) in [5.41, 5.74) is 1.07. The standard InChI is InChI=1S/C10H17NS/c1-6-10(12-5)11-7-9(4)8(2)3/h6-8H,4H2,1-3,5H3/b10-6+,11-7?. The molecule has 0 radical (unpaired) electrons. The molecule has 0 bridgehead atoms.